The fourth-order valence-electron chi connectivity index (χ4n) is 2.08. The van der Waals surface area contributed by atoms with Gasteiger partial charge in [-0.05, 0) is 17.4 Å². The number of rotatable bonds is 8. The predicted molar refractivity (Wildman–Crippen MR) is 83.9 cm³/mol. The van der Waals surface area contributed by atoms with Gasteiger partial charge in [-0.25, -0.2) is 0 Å². The largest absolute Gasteiger partial charge is 0.294 e. The minimum Gasteiger partial charge on any atom is -0.294 e. The van der Waals surface area contributed by atoms with Crippen LogP contribution in [0.25, 0.3) is 0 Å². The molecule has 0 radical (unpaired) electrons. The fourth-order valence-corrected chi connectivity index (χ4v) is 3.07. The SMILES string of the molecule is CC(C)CN(CSCc1ccccc1)CC(C)C. The van der Waals surface area contributed by atoms with Gasteiger partial charge in [0.1, 0.15) is 0 Å². The zero-order chi connectivity index (χ0) is 13.4. The molecule has 0 heterocycles. The van der Waals surface area contributed by atoms with E-state index in [4.69, 9.17) is 0 Å². The van der Waals surface area contributed by atoms with Gasteiger partial charge in [-0.2, -0.15) is 0 Å². The lowest BCUT2D eigenvalue weighted by molar-refractivity contribution is 0.255. The van der Waals surface area contributed by atoms with Crippen LogP contribution < -0.4 is 0 Å². The Morgan fingerprint density at radius 2 is 1.50 bits per heavy atom. The molecule has 0 unspecified atom stereocenters. The zero-order valence-corrected chi connectivity index (χ0v) is 13.0. The summed E-state index contributed by atoms with van der Waals surface area (Å²) in [6.07, 6.45) is 0. The highest BCUT2D eigenvalue weighted by molar-refractivity contribution is 7.98. The van der Waals surface area contributed by atoms with E-state index in [0.717, 1.165) is 23.5 Å². The van der Waals surface area contributed by atoms with Crippen LogP contribution in [0.15, 0.2) is 30.3 Å². The molecule has 0 aromatic heterocycles. The molecule has 0 spiro atoms. The molecule has 0 bridgehead atoms. The standard InChI is InChI=1S/C16H27NS/c1-14(2)10-17(11-15(3)4)13-18-12-16-8-6-5-7-9-16/h5-9,14-15H,10-13H2,1-4H3. The summed E-state index contributed by atoms with van der Waals surface area (Å²) in [7, 11) is 0. The van der Waals surface area contributed by atoms with Crippen LogP contribution in [0.3, 0.4) is 0 Å². The summed E-state index contributed by atoms with van der Waals surface area (Å²) in [6.45, 7) is 11.6. The Bertz CT molecular complexity index is 298. The Kier molecular flexibility index (Phi) is 7.45. The van der Waals surface area contributed by atoms with E-state index in [0.29, 0.717) is 0 Å². The van der Waals surface area contributed by atoms with Crippen LogP contribution in [0.4, 0.5) is 0 Å². The van der Waals surface area contributed by atoms with Crippen LogP contribution in [0.5, 0.6) is 0 Å². The molecule has 1 rings (SSSR count). The minimum absolute atomic E-state index is 0.751. The highest BCUT2D eigenvalue weighted by atomic mass is 32.2. The van der Waals surface area contributed by atoms with Crippen molar-refractivity contribution >= 4 is 11.8 Å². The number of nitrogens with zero attached hydrogens (tertiary/aromatic N) is 1. The topological polar surface area (TPSA) is 3.24 Å². The summed E-state index contributed by atoms with van der Waals surface area (Å²) in [6, 6.07) is 10.7. The first-order valence-corrected chi connectivity index (χ1v) is 8.07. The summed E-state index contributed by atoms with van der Waals surface area (Å²) >= 11 is 2.02. The molecule has 0 N–H and O–H groups in total. The lowest BCUT2D eigenvalue weighted by Gasteiger charge is -2.25. The van der Waals surface area contributed by atoms with E-state index in [1.807, 2.05) is 11.8 Å². The molecule has 0 aliphatic heterocycles. The highest BCUT2D eigenvalue weighted by Crippen LogP contribution is 2.15. The van der Waals surface area contributed by atoms with Crippen molar-refractivity contribution < 1.29 is 0 Å². The Labute approximate surface area is 117 Å². The van der Waals surface area contributed by atoms with Crippen LogP contribution in [-0.4, -0.2) is 23.9 Å². The van der Waals surface area contributed by atoms with Gasteiger partial charge in [-0.15, -0.1) is 11.8 Å². The monoisotopic (exact) mass is 265 g/mol. The van der Waals surface area contributed by atoms with Gasteiger partial charge in [-0.1, -0.05) is 58.0 Å². The normalized spacial score (nSPS) is 11.7. The molecule has 0 atom stereocenters. The molecule has 1 aromatic rings. The van der Waals surface area contributed by atoms with Crippen molar-refractivity contribution in [3.63, 3.8) is 0 Å². The maximum atomic E-state index is 2.59. The van der Waals surface area contributed by atoms with E-state index < -0.39 is 0 Å². The maximum absolute atomic E-state index is 2.59. The summed E-state index contributed by atoms with van der Waals surface area (Å²) in [5.74, 6) is 3.76. The predicted octanol–water partition coefficient (Wildman–Crippen LogP) is 4.49. The molecule has 18 heavy (non-hydrogen) atoms. The maximum Gasteiger partial charge on any atom is 0.0447 e. The van der Waals surface area contributed by atoms with E-state index in [-0.39, 0.29) is 0 Å². The van der Waals surface area contributed by atoms with Crippen LogP contribution in [0.2, 0.25) is 0 Å². The second-order valence-electron chi connectivity index (χ2n) is 5.79. The smallest absolute Gasteiger partial charge is 0.0447 e. The number of benzene rings is 1. The first-order valence-electron chi connectivity index (χ1n) is 6.92. The Morgan fingerprint density at radius 1 is 0.944 bits per heavy atom. The van der Waals surface area contributed by atoms with Crippen molar-refractivity contribution in [2.24, 2.45) is 11.8 Å². The summed E-state index contributed by atoms with van der Waals surface area (Å²) in [5.41, 5.74) is 1.43. The molecule has 102 valence electrons. The third kappa shape index (κ3) is 7.07. The molecule has 0 aliphatic rings. The van der Waals surface area contributed by atoms with Crippen molar-refractivity contribution in [3.8, 4) is 0 Å². The van der Waals surface area contributed by atoms with Gasteiger partial charge in [-0.3, -0.25) is 4.90 Å². The summed E-state index contributed by atoms with van der Waals surface area (Å²) in [5, 5.41) is 0. The average molecular weight is 265 g/mol. The van der Waals surface area contributed by atoms with Crippen molar-refractivity contribution in [1.29, 1.82) is 0 Å². The number of thioether (sulfide) groups is 1. The quantitative estimate of drug-likeness (QED) is 0.637. The molecule has 1 nitrogen and oxygen atoms in total. The summed E-state index contributed by atoms with van der Waals surface area (Å²) < 4.78 is 0. The second-order valence-corrected chi connectivity index (χ2v) is 6.74. The van der Waals surface area contributed by atoms with E-state index in [1.54, 1.807) is 0 Å². The Hall–Kier alpha value is -0.470. The molecular weight excluding hydrogens is 238 g/mol. The Balaban J connectivity index is 2.32. The third-order valence-corrected chi connectivity index (χ3v) is 3.72. The second kappa shape index (κ2) is 8.60. The molecule has 0 aliphatic carbocycles. The lowest BCUT2D eigenvalue weighted by Crippen LogP contribution is -2.31. The minimum atomic E-state index is 0.751. The number of hydrogen-bond acceptors (Lipinski definition) is 2. The first-order chi connectivity index (χ1) is 8.58. The first kappa shape index (κ1) is 15.6. The molecule has 0 fully saturated rings. The van der Waals surface area contributed by atoms with Crippen LogP contribution in [0, 0.1) is 11.8 Å². The van der Waals surface area contributed by atoms with Gasteiger partial charge in [0, 0.05) is 24.7 Å². The third-order valence-electron chi connectivity index (χ3n) is 2.63. The van der Waals surface area contributed by atoms with Crippen molar-refractivity contribution in [2.75, 3.05) is 19.0 Å². The number of hydrogen-bond donors (Lipinski definition) is 0. The molecule has 0 saturated heterocycles. The molecule has 0 amide bonds. The van der Waals surface area contributed by atoms with E-state index in [1.165, 1.54) is 18.7 Å². The van der Waals surface area contributed by atoms with E-state index in [2.05, 4.69) is 62.9 Å². The zero-order valence-electron chi connectivity index (χ0n) is 12.2. The van der Waals surface area contributed by atoms with Gasteiger partial charge in [0.2, 0.25) is 0 Å². The average Bonchev–Trinajstić information content (AvgIpc) is 2.28. The van der Waals surface area contributed by atoms with Gasteiger partial charge >= 0.3 is 0 Å². The van der Waals surface area contributed by atoms with Gasteiger partial charge in [0.25, 0.3) is 0 Å². The van der Waals surface area contributed by atoms with Crippen molar-refractivity contribution in [3.05, 3.63) is 35.9 Å². The Morgan fingerprint density at radius 3 is 2.00 bits per heavy atom. The van der Waals surface area contributed by atoms with Gasteiger partial charge in [0.05, 0.1) is 0 Å². The molecule has 1 aromatic carbocycles. The molecule has 2 heteroatoms. The van der Waals surface area contributed by atoms with E-state index in [9.17, 15) is 0 Å². The molecule has 0 saturated carbocycles. The molecular formula is C16H27NS. The van der Waals surface area contributed by atoms with Crippen molar-refractivity contribution in [2.45, 2.75) is 33.4 Å². The van der Waals surface area contributed by atoms with Crippen LogP contribution in [0.1, 0.15) is 33.3 Å². The van der Waals surface area contributed by atoms with Crippen LogP contribution in [-0.2, 0) is 5.75 Å². The van der Waals surface area contributed by atoms with Gasteiger partial charge < -0.3 is 0 Å². The lowest BCUT2D eigenvalue weighted by atomic mass is 10.1. The van der Waals surface area contributed by atoms with E-state index >= 15 is 0 Å². The van der Waals surface area contributed by atoms with Crippen molar-refractivity contribution in [1.82, 2.24) is 4.90 Å². The van der Waals surface area contributed by atoms with Gasteiger partial charge in [0.15, 0.2) is 0 Å². The highest BCUT2D eigenvalue weighted by Gasteiger charge is 2.09. The van der Waals surface area contributed by atoms with Crippen LogP contribution >= 0.6 is 11.8 Å². The summed E-state index contributed by atoms with van der Waals surface area (Å²) in [4.78, 5) is 2.59. The fraction of sp³-hybridized carbons (Fsp3) is 0.625.